The smallest absolute Gasteiger partial charge is 0.122 e. The maximum Gasteiger partial charge on any atom is 0.122 e. The number of nitrogens with zero attached hydrogens (tertiary/aromatic N) is 1. The van der Waals surface area contributed by atoms with E-state index in [1.165, 1.54) is 11.1 Å². The average molecular weight is 311 g/mol. The van der Waals surface area contributed by atoms with Crippen LogP contribution in [0.25, 0.3) is 0 Å². The highest BCUT2D eigenvalue weighted by molar-refractivity contribution is 7.98. The molecule has 0 radical (unpaired) electrons. The minimum absolute atomic E-state index is 0.724. The highest BCUT2D eigenvalue weighted by atomic mass is 32.2. The van der Waals surface area contributed by atoms with Crippen molar-refractivity contribution in [2.24, 2.45) is 0 Å². The van der Waals surface area contributed by atoms with Gasteiger partial charge in [0.2, 0.25) is 0 Å². The highest BCUT2D eigenvalue weighted by Crippen LogP contribution is 2.17. The number of thioether (sulfide) groups is 1. The van der Waals surface area contributed by atoms with Crippen LogP contribution in [0.4, 0.5) is 0 Å². The van der Waals surface area contributed by atoms with E-state index in [-0.39, 0.29) is 0 Å². The standard InChI is InChI=1S/C19H21NOS/c1-16-6-2-3-7-19(16)21-12-4-5-13-22-15-18-10-8-17(14-20)9-11-18/h2-3,6-11H,4-5,12-13,15H2,1H3. The van der Waals surface area contributed by atoms with Crippen LogP contribution in [0, 0.1) is 18.3 Å². The van der Waals surface area contributed by atoms with Crippen LogP contribution in [0.3, 0.4) is 0 Å². The lowest BCUT2D eigenvalue weighted by Crippen LogP contribution is -1.99. The van der Waals surface area contributed by atoms with E-state index in [1.54, 1.807) is 0 Å². The fraction of sp³-hybridized carbons (Fsp3) is 0.316. The van der Waals surface area contributed by atoms with Gasteiger partial charge in [0.25, 0.3) is 0 Å². The van der Waals surface area contributed by atoms with E-state index in [9.17, 15) is 0 Å². The molecule has 0 aliphatic rings. The Morgan fingerprint density at radius 3 is 2.55 bits per heavy atom. The number of nitriles is 1. The fourth-order valence-corrected chi connectivity index (χ4v) is 3.05. The van der Waals surface area contributed by atoms with E-state index in [2.05, 4.69) is 19.1 Å². The zero-order chi connectivity index (χ0) is 15.6. The first kappa shape index (κ1) is 16.5. The van der Waals surface area contributed by atoms with Gasteiger partial charge in [-0.15, -0.1) is 0 Å². The number of para-hydroxylation sites is 1. The van der Waals surface area contributed by atoms with Crippen LogP contribution >= 0.6 is 11.8 Å². The van der Waals surface area contributed by atoms with Crippen molar-refractivity contribution in [3.05, 3.63) is 65.2 Å². The molecule has 0 N–H and O–H groups in total. The van der Waals surface area contributed by atoms with Crippen LogP contribution < -0.4 is 4.74 Å². The van der Waals surface area contributed by atoms with Gasteiger partial charge >= 0.3 is 0 Å². The minimum Gasteiger partial charge on any atom is -0.493 e. The summed E-state index contributed by atoms with van der Waals surface area (Å²) in [5.74, 6) is 3.13. The molecule has 0 spiro atoms. The Balaban J connectivity index is 1.56. The number of benzene rings is 2. The predicted molar refractivity (Wildman–Crippen MR) is 93.2 cm³/mol. The SMILES string of the molecule is Cc1ccccc1OCCCCSCc1ccc(C#N)cc1. The molecule has 2 nitrogen and oxygen atoms in total. The summed E-state index contributed by atoms with van der Waals surface area (Å²) in [7, 11) is 0. The normalized spacial score (nSPS) is 10.2. The quantitative estimate of drug-likeness (QED) is 0.646. The Hall–Kier alpha value is -1.92. The average Bonchev–Trinajstić information content (AvgIpc) is 2.56. The van der Waals surface area contributed by atoms with E-state index < -0.39 is 0 Å². The van der Waals surface area contributed by atoms with Crippen molar-refractivity contribution in [2.45, 2.75) is 25.5 Å². The first-order chi connectivity index (χ1) is 10.8. The zero-order valence-electron chi connectivity index (χ0n) is 12.9. The molecule has 0 aliphatic carbocycles. The first-order valence-electron chi connectivity index (χ1n) is 7.55. The van der Waals surface area contributed by atoms with Crippen molar-refractivity contribution >= 4 is 11.8 Å². The molecule has 22 heavy (non-hydrogen) atoms. The Labute approximate surface area is 137 Å². The van der Waals surface area contributed by atoms with Gasteiger partial charge in [-0.1, -0.05) is 30.3 Å². The molecule has 3 heteroatoms. The van der Waals surface area contributed by atoms with Gasteiger partial charge in [0.1, 0.15) is 5.75 Å². The zero-order valence-corrected chi connectivity index (χ0v) is 13.7. The van der Waals surface area contributed by atoms with E-state index in [0.29, 0.717) is 0 Å². The van der Waals surface area contributed by atoms with Crippen molar-refractivity contribution in [3.63, 3.8) is 0 Å². The van der Waals surface area contributed by atoms with Crippen molar-refractivity contribution in [2.75, 3.05) is 12.4 Å². The van der Waals surface area contributed by atoms with Crippen LogP contribution in [0.5, 0.6) is 5.75 Å². The fourth-order valence-electron chi connectivity index (χ4n) is 2.07. The maximum absolute atomic E-state index is 8.76. The Bertz CT molecular complexity index is 616. The molecule has 2 aromatic rings. The van der Waals surface area contributed by atoms with E-state index in [4.69, 9.17) is 10.00 Å². The number of unbranched alkanes of at least 4 members (excludes halogenated alkanes) is 1. The molecular weight excluding hydrogens is 290 g/mol. The first-order valence-corrected chi connectivity index (χ1v) is 8.70. The molecule has 0 heterocycles. The van der Waals surface area contributed by atoms with Gasteiger partial charge in [0, 0.05) is 5.75 Å². The summed E-state index contributed by atoms with van der Waals surface area (Å²) in [6.07, 6.45) is 2.24. The molecule has 0 fully saturated rings. The number of rotatable bonds is 8. The number of hydrogen-bond donors (Lipinski definition) is 0. The second-order valence-corrected chi connectivity index (χ2v) is 6.29. The molecule has 0 amide bonds. The summed E-state index contributed by atoms with van der Waals surface area (Å²) in [5.41, 5.74) is 3.19. The molecule has 0 aliphatic heterocycles. The second-order valence-electron chi connectivity index (χ2n) is 5.18. The molecule has 0 unspecified atom stereocenters. The Morgan fingerprint density at radius 2 is 1.82 bits per heavy atom. The van der Waals surface area contributed by atoms with Gasteiger partial charge in [-0.05, 0) is 54.8 Å². The molecule has 114 valence electrons. The molecule has 2 rings (SSSR count). The largest absolute Gasteiger partial charge is 0.493 e. The lowest BCUT2D eigenvalue weighted by molar-refractivity contribution is 0.308. The third-order valence-electron chi connectivity index (χ3n) is 3.39. The van der Waals surface area contributed by atoms with Crippen LogP contribution in [0.1, 0.15) is 29.5 Å². The van der Waals surface area contributed by atoms with Crippen molar-refractivity contribution in [1.29, 1.82) is 5.26 Å². The van der Waals surface area contributed by atoms with Crippen molar-refractivity contribution in [3.8, 4) is 11.8 Å². The van der Waals surface area contributed by atoms with Crippen LogP contribution in [0.15, 0.2) is 48.5 Å². The van der Waals surface area contributed by atoms with Gasteiger partial charge in [0.05, 0.1) is 18.2 Å². The lowest BCUT2D eigenvalue weighted by atomic mass is 10.2. The van der Waals surface area contributed by atoms with Gasteiger partial charge in [0.15, 0.2) is 0 Å². The number of hydrogen-bond acceptors (Lipinski definition) is 3. The number of aryl methyl sites for hydroxylation is 1. The second kappa shape index (κ2) is 9.17. The molecule has 0 saturated carbocycles. The van der Waals surface area contributed by atoms with Gasteiger partial charge in [-0.3, -0.25) is 0 Å². The maximum atomic E-state index is 8.76. The van der Waals surface area contributed by atoms with Crippen LogP contribution in [-0.2, 0) is 5.75 Å². The van der Waals surface area contributed by atoms with E-state index in [1.807, 2.05) is 54.2 Å². The molecule has 0 atom stereocenters. The summed E-state index contributed by atoms with van der Waals surface area (Å²) in [5, 5.41) is 8.76. The van der Waals surface area contributed by atoms with E-state index in [0.717, 1.165) is 42.3 Å². The predicted octanol–water partition coefficient (Wildman–Crippen LogP) is 4.96. The summed E-state index contributed by atoms with van der Waals surface area (Å²) >= 11 is 1.93. The summed E-state index contributed by atoms with van der Waals surface area (Å²) in [6.45, 7) is 2.85. The monoisotopic (exact) mass is 311 g/mol. The minimum atomic E-state index is 0.724. The molecule has 2 aromatic carbocycles. The summed E-state index contributed by atoms with van der Waals surface area (Å²) in [6, 6.07) is 18.1. The highest BCUT2D eigenvalue weighted by Gasteiger charge is 1.98. The van der Waals surface area contributed by atoms with E-state index >= 15 is 0 Å². The van der Waals surface area contributed by atoms with Gasteiger partial charge < -0.3 is 4.74 Å². The summed E-state index contributed by atoms with van der Waals surface area (Å²) < 4.78 is 5.79. The molecular formula is C19H21NOS. The topological polar surface area (TPSA) is 33.0 Å². The van der Waals surface area contributed by atoms with Crippen LogP contribution in [-0.4, -0.2) is 12.4 Å². The molecule has 0 saturated heterocycles. The third kappa shape index (κ3) is 5.46. The molecule has 0 bridgehead atoms. The van der Waals surface area contributed by atoms with Gasteiger partial charge in [-0.25, -0.2) is 0 Å². The van der Waals surface area contributed by atoms with Crippen LogP contribution in [0.2, 0.25) is 0 Å². The number of ether oxygens (including phenoxy) is 1. The van der Waals surface area contributed by atoms with Gasteiger partial charge in [-0.2, -0.15) is 17.0 Å². The third-order valence-corrected chi connectivity index (χ3v) is 4.50. The lowest BCUT2D eigenvalue weighted by Gasteiger charge is -2.08. The Kier molecular flexibility index (Phi) is 6.86. The van der Waals surface area contributed by atoms with Crippen molar-refractivity contribution < 1.29 is 4.74 Å². The molecule has 0 aromatic heterocycles. The van der Waals surface area contributed by atoms with Crippen molar-refractivity contribution in [1.82, 2.24) is 0 Å². The Morgan fingerprint density at radius 1 is 1.05 bits per heavy atom. The summed E-state index contributed by atoms with van der Waals surface area (Å²) in [4.78, 5) is 0.